The number of aryl methyl sites for hydroxylation is 1. The molecular weight excluding hydrogens is 407 g/mol. The van der Waals surface area contributed by atoms with Gasteiger partial charge in [-0.2, -0.15) is 0 Å². The first-order chi connectivity index (χ1) is 15.0. The highest BCUT2D eigenvalue weighted by molar-refractivity contribution is 5.87. The minimum absolute atomic E-state index is 0. The van der Waals surface area contributed by atoms with E-state index in [-0.39, 0.29) is 19.6 Å². The summed E-state index contributed by atoms with van der Waals surface area (Å²) in [6.07, 6.45) is 3.89. The average Bonchev–Trinajstić information content (AvgIpc) is 3.04. The van der Waals surface area contributed by atoms with E-state index in [4.69, 9.17) is 4.74 Å². The molecule has 0 bridgehead atoms. The topological polar surface area (TPSA) is 52.3 Å². The smallest absolute Gasteiger partial charge is 0.258 e. The zero-order chi connectivity index (χ0) is 21.5. The van der Waals surface area contributed by atoms with Crippen molar-refractivity contribution in [2.45, 2.75) is 27.0 Å². The van der Waals surface area contributed by atoms with Crippen LogP contribution in [0.1, 0.15) is 24.4 Å². The summed E-state index contributed by atoms with van der Waals surface area (Å²) in [6, 6.07) is 12.3. The Kier molecular flexibility index (Phi) is 5.84. The molecule has 0 fully saturated rings. The Labute approximate surface area is 186 Å². The summed E-state index contributed by atoms with van der Waals surface area (Å²) in [4.78, 5) is 19.1. The van der Waals surface area contributed by atoms with Crippen molar-refractivity contribution in [3.8, 4) is 11.4 Å². The number of hydrogen-bond acceptors (Lipinski definition) is 4. The second-order valence-electron chi connectivity index (χ2n) is 8.00. The van der Waals surface area contributed by atoms with Gasteiger partial charge in [-0.1, -0.05) is 13.5 Å². The number of nitrogens with zero attached hydrogens (tertiary/aromatic N) is 4. The molecule has 1 aliphatic heterocycles. The third kappa shape index (κ3) is 3.91. The number of fused-ring (bicyclic) bond motifs is 3. The third-order valence-corrected chi connectivity index (χ3v) is 5.92. The minimum atomic E-state index is -0.394. The molecule has 4 heterocycles. The lowest BCUT2D eigenvalue weighted by atomic mass is 10.0. The Morgan fingerprint density at radius 2 is 1.97 bits per heavy atom. The largest absolute Gasteiger partial charge is 0.487 e. The van der Waals surface area contributed by atoms with E-state index in [1.54, 1.807) is 22.9 Å². The average molecular weight is 435 g/mol. The van der Waals surface area contributed by atoms with Gasteiger partial charge in [0.25, 0.3) is 5.56 Å². The summed E-state index contributed by atoms with van der Waals surface area (Å²) in [5.74, 6) is 0.0558. The van der Waals surface area contributed by atoms with Gasteiger partial charge >= 0.3 is 0 Å². The van der Waals surface area contributed by atoms with E-state index >= 15 is 0 Å². The maximum Gasteiger partial charge on any atom is 0.258 e. The Bertz CT molecular complexity index is 1320. The number of ether oxygens (including phenoxy) is 1. The van der Waals surface area contributed by atoms with Gasteiger partial charge in [0.15, 0.2) is 0 Å². The second-order valence-corrected chi connectivity index (χ2v) is 8.00. The zero-order valence-electron chi connectivity index (χ0n) is 17.5. The van der Waals surface area contributed by atoms with E-state index in [9.17, 15) is 9.18 Å². The molecule has 0 aliphatic carbocycles. The summed E-state index contributed by atoms with van der Waals surface area (Å²) in [5.41, 5.74) is 5.11. The molecule has 5 rings (SSSR count). The molecule has 4 aromatic rings. The summed E-state index contributed by atoms with van der Waals surface area (Å²) >= 11 is 0. The van der Waals surface area contributed by atoms with Crippen LogP contribution in [0.4, 0.5) is 4.39 Å². The number of rotatable bonds is 4. The molecule has 0 atom stereocenters. The summed E-state index contributed by atoms with van der Waals surface area (Å²) in [7, 11) is 4.24. The van der Waals surface area contributed by atoms with Crippen LogP contribution in [-0.2, 0) is 26.6 Å². The van der Waals surface area contributed by atoms with Crippen LogP contribution in [0.5, 0.6) is 5.75 Å². The number of hydrogen-bond donors (Lipinski definition) is 0. The van der Waals surface area contributed by atoms with E-state index in [0.29, 0.717) is 11.4 Å². The number of benzene rings is 1. The number of likely N-dealkylation sites (N-methyl/N-ethyl adjacent to an activating group) is 1. The Morgan fingerprint density at radius 1 is 1.12 bits per heavy atom. The van der Waals surface area contributed by atoms with E-state index in [1.807, 2.05) is 6.07 Å². The molecule has 0 radical (unpaired) electrons. The predicted octanol–water partition coefficient (Wildman–Crippen LogP) is 4.07. The minimum Gasteiger partial charge on any atom is -0.487 e. The van der Waals surface area contributed by atoms with Crippen molar-refractivity contribution in [1.29, 1.82) is 0 Å². The molecule has 166 valence electrons. The first-order valence-electron chi connectivity index (χ1n) is 10.2. The molecule has 6 nitrogen and oxygen atoms in total. The molecule has 0 N–H and O–H groups in total. The molecule has 0 unspecified atom stereocenters. The van der Waals surface area contributed by atoms with Gasteiger partial charge in [-0.3, -0.25) is 14.3 Å². The van der Waals surface area contributed by atoms with Gasteiger partial charge in [0.05, 0.1) is 23.1 Å². The van der Waals surface area contributed by atoms with E-state index < -0.39 is 5.82 Å². The van der Waals surface area contributed by atoms with Crippen molar-refractivity contribution in [2.75, 3.05) is 13.6 Å². The van der Waals surface area contributed by atoms with Crippen molar-refractivity contribution in [3.05, 3.63) is 88.0 Å². The van der Waals surface area contributed by atoms with Crippen LogP contribution < -0.4 is 10.3 Å². The quantitative estimate of drug-likeness (QED) is 0.486. The summed E-state index contributed by atoms with van der Waals surface area (Å²) < 4.78 is 22.5. The predicted molar refractivity (Wildman–Crippen MR) is 124 cm³/mol. The van der Waals surface area contributed by atoms with Crippen LogP contribution in [0.15, 0.2) is 59.7 Å². The summed E-state index contributed by atoms with van der Waals surface area (Å²) in [5, 5.41) is 1.24. The first kappa shape index (κ1) is 21.8. The molecule has 0 saturated carbocycles. The van der Waals surface area contributed by atoms with Crippen molar-refractivity contribution < 1.29 is 9.13 Å². The number of pyridine rings is 2. The molecule has 0 spiro atoms. The highest BCUT2D eigenvalue weighted by Crippen LogP contribution is 2.31. The van der Waals surface area contributed by atoms with E-state index in [1.165, 1.54) is 28.8 Å². The molecule has 32 heavy (non-hydrogen) atoms. The van der Waals surface area contributed by atoms with Crippen molar-refractivity contribution >= 4 is 10.9 Å². The fourth-order valence-corrected chi connectivity index (χ4v) is 4.26. The van der Waals surface area contributed by atoms with Gasteiger partial charge in [-0.25, -0.2) is 4.39 Å². The standard InChI is InChI=1S/C24H23FN4O2.CH4/c1-27-9-8-22-21(14-27)20-6-5-18(11-23(20)28(22)2)29-10-7-19(12-24(29)30)31-15-17-4-3-16(25)13-26-17;/h3-7,10-13H,8-9,14-15H2,1-2H3;1H4. The van der Waals surface area contributed by atoms with Crippen molar-refractivity contribution in [1.82, 2.24) is 19.0 Å². The lowest BCUT2D eigenvalue weighted by molar-refractivity contribution is 0.300. The second kappa shape index (κ2) is 8.59. The molecule has 3 aromatic heterocycles. The van der Waals surface area contributed by atoms with E-state index in [0.717, 1.165) is 36.9 Å². The van der Waals surface area contributed by atoms with Crippen LogP contribution in [0.3, 0.4) is 0 Å². The van der Waals surface area contributed by atoms with Gasteiger partial charge in [-0.05, 0) is 42.9 Å². The maximum absolute atomic E-state index is 13.0. The summed E-state index contributed by atoms with van der Waals surface area (Å²) in [6.45, 7) is 2.17. The molecular formula is C25H27FN4O2. The van der Waals surface area contributed by atoms with Crippen molar-refractivity contribution in [3.63, 3.8) is 0 Å². The lowest BCUT2D eigenvalue weighted by Crippen LogP contribution is -2.26. The fourth-order valence-electron chi connectivity index (χ4n) is 4.26. The molecule has 1 aromatic carbocycles. The SMILES string of the molecule is C.CN1CCc2c(c3ccc(-n4ccc(OCc5ccc(F)cn5)cc4=O)cc3n2C)C1. The molecule has 0 amide bonds. The number of aromatic nitrogens is 3. The zero-order valence-corrected chi connectivity index (χ0v) is 17.5. The van der Waals surface area contributed by atoms with Gasteiger partial charge in [0, 0.05) is 49.9 Å². The van der Waals surface area contributed by atoms with Crippen LogP contribution >= 0.6 is 0 Å². The van der Waals surface area contributed by atoms with E-state index in [2.05, 4.69) is 40.7 Å². The van der Waals surface area contributed by atoms with Crippen LogP contribution in [0.25, 0.3) is 16.6 Å². The molecule has 1 aliphatic rings. The Morgan fingerprint density at radius 3 is 2.72 bits per heavy atom. The van der Waals surface area contributed by atoms with Crippen molar-refractivity contribution in [2.24, 2.45) is 7.05 Å². The Balaban J connectivity index is 0.00000245. The lowest BCUT2D eigenvalue weighted by Gasteiger charge is -2.23. The van der Waals surface area contributed by atoms with Gasteiger partial charge in [-0.15, -0.1) is 0 Å². The highest BCUT2D eigenvalue weighted by Gasteiger charge is 2.21. The number of halogens is 1. The highest BCUT2D eigenvalue weighted by atomic mass is 19.1. The van der Waals surface area contributed by atoms with Crippen LogP contribution in [0.2, 0.25) is 0 Å². The maximum atomic E-state index is 13.0. The van der Waals surface area contributed by atoms with Gasteiger partial charge < -0.3 is 14.2 Å². The molecule has 0 saturated heterocycles. The van der Waals surface area contributed by atoms with Crippen LogP contribution in [0, 0.1) is 5.82 Å². The fraction of sp³-hybridized carbons (Fsp3) is 0.280. The first-order valence-corrected chi connectivity index (χ1v) is 10.2. The monoisotopic (exact) mass is 434 g/mol. The van der Waals surface area contributed by atoms with Gasteiger partial charge in [0.1, 0.15) is 18.2 Å². The van der Waals surface area contributed by atoms with Crippen LogP contribution in [-0.4, -0.2) is 32.6 Å². The van der Waals surface area contributed by atoms with Gasteiger partial charge in [0.2, 0.25) is 0 Å². The third-order valence-electron chi connectivity index (χ3n) is 5.92. The normalized spacial score (nSPS) is 13.6. The molecule has 7 heteroatoms. The Hall–Kier alpha value is -3.45.